The van der Waals surface area contributed by atoms with E-state index in [9.17, 15) is 4.39 Å². The van der Waals surface area contributed by atoms with Crippen molar-refractivity contribution in [2.24, 2.45) is 10.2 Å². The van der Waals surface area contributed by atoms with Gasteiger partial charge in [0.1, 0.15) is 11.6 Å². The summed E-state index contributed by atoms with van der Waals surface area (Å²) < 4.78 is 18.2. The third-order valence-electron chi connectivity index (χ3n) is 2.54. The zero-order chi connectivity index (χ0) is 14.4. The maximum absolute atomic E-state index is 13.2. The van der Waals surface area contributed by atoms with Gasteiger partial charge in [-0.2, -0.15) is 10.2 Å². The van der Waals surface area contributed by atoms with Crippen LogP contribution in [0.25, 0.3) is 0 Å². The van der Waals surface area contributed by atoms with Gasteiger partial charge in [-0.05, 0) is 47.5 Å². The molecule has 0 fully saturated rings. The molecule has 0 aliphatic heterocycles. The van der Waals surface area contributed by atoms with Crippen molar-refractivity contribution in [2.45, 2.75) is 0 Å². The molecule has 0 aliphatic rings. The molecule has 0 spiro atoms. The first-order valence-electron chi connectivity index (χ1n) is 5.84. The minimum atomic E-state index is -0.477. The second kappa shape index (κ2) is 6.82. The van der Waals surface area contributed by atoms with E-state index in [1.54, 1.807) is 19.4 Å². The van der Waals surface area contributed by atoms with Gasteiger partial charge in [-0.25, -0.2) is 4.39 Å². The van der Waals surface area contributed by atoms with E-state index in [1.165, 1.54) is 18.3 Å². The molecule has 0 heterocycles. The van der Waals surface area contributed by atoms with Gasteiger partial charge in [-0.15, -0.1) is 0 Å². The molecule has 102 valence electrons. The van der Waals surface area contributed by atoms with Gasteiger partial charge < -0.3 is 4.74 Å². The lowest BCUT2D eigenvalue weighted by molar-refractivity contribution is 0.415. The maximum atomic E-state index is 13.2. The fourth-order valence-corrected chi connectivity index (χ4v) is 1.60. The molecule has 0 saturated carbocycles. The molecular formula is C15H12ClFN2O. The van der Waals surface area contributed by atoms with Crippen LogP contribution < -0.4 is 4.74 Å². The van der Waals surface area contributed by atoms with Crippen molar-refractivity contribution in [2.75, 3.05) is 7.11 Å². The third kappa shape index (κ3) is 3.90. The second-order valence-electron chi connectivity index (χ2n) is 3.94. The average molecular weight is 291 g/mol. The van der Waals surface area contributed by atoms with Gasteiger partial charge in [0.15, 0.2) is 0 Å². The Labute approximate surface area is 121 Å². The van der Waals surface area contributed by atoms with Gasteiger partial charge in [0, 0.05) is 0 Å². The van der Waals surface area contributed by atoms with Crippen LogP contribution in [0.3, 0.4) is 0 Å². The van der Waals surface area contributed by atoms with Gasteiger partial charge in [0.2, 0.25) is 0 Å². The van der Waals surface area contributed by atoms with Gasteiger partial charge >= 0.3 is 0 Å². The van der Waals surface area contributed by atoms with Crippen LogP contribution in [0.2, 0.25) is 5.02 Å². The maximum Gasteiger partial charge on any atom is 0.142 e. The normalized spacial score (nSPS) is 11.3. The predicted molar refractivity (Wildman–Crippen MR) is 79.6 cm³/mol. The first-order valence-corrected chi connectivity index (χ1v) is 6.22. The number of rotatable bonds is 4. The molecule has 2 aromatic carbocycles. The topological polar surface area (TPSA) is 34.0 Å². The van der Waals surface area contributed by atoms with E-state index in [1.807, 2.05) is 24.3 Å². The summed E-state index contributed by atoms with van der Waals surface area (Å²) in [4.78, 5) is 0. The van der Waals surface area contributed by atoms with Crippen molar-refractivity contribution in [1.82, 2.24) is 0 Å². The van der Waals surface area contributed by atoms with E-state index in [-0.39, 0.29) is 5.02 Å². The Hall–Kier alpha value is -2.20. The molecule has 2 rings (SSSR count). The van der Waals surface area contributed by atoms with Crippen LogP contribution >= 0.6 is 11.6 Å². The summed E-state index contributed by atoms with van der Waals surface area (Å²) in [6.07, 6.45) is 3.06. The lowest BCUT2D eigenvalue weighted by Crippen LogP contribution is -1.85. The number of hydrogen-bond donors (Lipinski definition) is 0. The Kier molecular flexibility index (Phi) is 4.85. The van der Waals surface area contributed by atoms with E-state index in [0.717, 1.165) is 11.3 Å². The zero-order valence-corrected chi connectivity index (χ0v) is 11.5. The lowest BCUT2D eigenvalue weighted by Gasteiger charge is -1.98. The number of methoxy groups -OCH3 is 1. The predicted octanol–water partition coefficient (Wildman–Crippen LogP) is 3.94. The number of halogens is 2. The highest BCUT2D eigenvalue weighted by atomic mass is 35.5. The number of nitrogens with zero attached hydrogens (tertiary/aromatic N) is 2. The van der Waals surface area contributed by atoms with Crippen molar-refractivity contribution < 1.29 is 9.13 Å². The molecule has 0 bridgehead atoms. The molecule has 0 unspecified atom stereocenters. The highest BCUT2D eigenvalue weighted by molar-refractivity contribution is 6.30. The van der Waals surface area contributed by atoms with Crippen molar-refractivity contribution in [3.8, 4) is 5.75 Å². The van der Waals surface area contributed by atoms with Crippen LogP contribution in [-0.4, -0.2) is 19.5 Å². The highest BCUT2D eigenvalue weighted by Crippen LogP contribution is 2.14. The summed E-state index contributed by atoms with van der Waals surface area (Å²) in [5.74, 6) is 0.303. The summed E-state index contributed by atoms with van der Waals surface area (Å²) in [7, 11) is 1.61. The molecule has 0 aromatic heterocycles. The van der Waals surface area contributed by atoms with E-state index in [0.29, 0.717) is 5.56 Å². The summed E-state index contributed by atoms with van der Waals surface area (Å²) in [5.41, 5.74) is 1.49. The van der Waals surface area contributed by atoms with Gasteiger partial charge in [0.05, 0.1) is 24.6 Å². The van der Waals surface area contributed by atoms with Crippen LogP contribution in [0.5, 0.6) is 5.75 Å². The van der Waals surface area contributed by atoms with Crippen LogP contribution in [0.1, 0.15) is 11.1 Å². The fourth-order valence-electron chi connectivity index (χ4n) is 1.48. The van der Waals surface area contributed by atoms with Crippen molar-refractivity contribution in [3.05, 3.63) is 64.4 Å². The van der Waals surface area contributed by atoms with Crippen LogP contribution in [-0.2, 0) is 0 Å². The number of benzene rings is 2. The van der Waals surface area contributed by atoms with Crippen LogP contribution in [0.15, 0.2) is 52.7 Å². The molecule has 5 heteroatoms. The summed E-state index contributed by atoms with van der Waals surface area (Å²) in [6, 6.07) is 11.8. The van der Waals surface area contributed by atoms with Gasteiger partial charge in [0.25, 0.3) is 0 Å². The minimum Gasteiger partial charge on any atom is -0.497 e. The molecule has 0 N–H and O–H groups in total. The molecule has 3 nitrogen and oxygen atoms in total. The summed E-state index contributed by atoms with van der Waals surface area (Å²) in [5, 5.41) is 7.83. The standard InChI is InChI=1S/C15H12ClFN2O/c1-20-13-5-2-11(3-6-13)9-18-19-10-12-4-7-14(16)15(17)8-12/h2-10H,1H3/b18-9+,19-10+. The van der Waals surface area contributed by atoms with Gasteiger partial charge in [-0.3, -0.25) is 0 Å². The molecule has 0 radical (unpaired) electrons. The summed E-state index contributed by atoms with van der Waals surface area (Å²) >= 11 is 5.59. The van der Waals surface area contributed by atoms with E-state index in [4.69, 9.17) is 16.3 Å². The third-order valence-corrected chi connectivity index (χ3v) is 2.85. The van der Waals surface area contributed by atoms with Crippen molar-refractivity contribution in [3.63, 3.8) is 0 Å². The fraction of sp³-hybridized carbons (Fsp3) is 0.0667. The van der Waals surface area contributed by atoms with E-state index in [2.05, 4.69) is 10.2 Å². The quantitative estimate of drug-likeness (QED) is 0.620. The van der Waals surface area contributed by atoms with Gasteiger partial charge in [-0.1, -0.05) is 17.7 Å². The Morgan fingerprint density at radius 3 is 2.20 bits per heavy atom. The van der Waals surface area contributed by atoms with E-state index >= 15 is 0 Å². The Balaban J connectivity index is 2.01. The average Bonchev–Trinajstić information content (AvgIpc) is 2.48. The first kappa shape index (κ1) is 14.2. The minimum absolute atomic E-state index is 0.0869. The Bertz CT molecular complexity index is 639. The molecule has 2 aromatic rings. The number of hydrogen-bond acceptors (Lipinski definition) is 3. The zero-order valence-electron chi connectivity index (χ0n) is 10.8. The molecule has 0 amide bonds. The molecule has 0 saturated heterocycles. The Morgan fingerprint density at radius 1 is 1.00 bits per heavy atom. The van der Waals surface area contributed by atoms with Crippen LogP contribution in [0, 0.1) is 5.82 Å². The summed E-state index contributed by atoms with van der Waals surface area (Å²) in [6.45, 7) is 0. The number of ether oxygens (including phenoxy) is 1. The molecule has 20 heavy (non-hydrogen) atoms. The molecule has 0 aliphatic carbocycles. The second-order valence-corrected chi connectivity index (χ2v) is 4.34. The van der Waals surface area contributed by atoms with Crippen molar-refractivity contribution >= 4 is 24.0 Å². The lowest BCUT2D eigenvalue weighted by atomic mass is 10.2. The molecule has 0 atom stereocenters. The SMILES string of the molecule is COc1ccc(/C=N/N=C/c2ccc(Cl)c(F)c2)cc1. The first-order chi connectivity index (χ1) is 9.69. The Morgan fingerprint density at radius 2 is 1.60 bits per heavy atom. The monoisotopic (exact) mass is 290 g/mol. The van der Waals surface area contributed by atoms with Crippen molar-refractivity contribution in [1.29, 1.82) is 0 Å². The largest absolute Gasteiger partial charge is 0.497 e. The highest BCUT2D eigenvalue weighted by Gasteiger charge is 1.98. The van der Waals surface area contributed by atoms with E-state index < -0.39 is 5.82 Å². The molecular weight excluding hydrogens is 279 g/mol. The smallest absolute Gasteiger partial charge is 0.142 e. The van der Waals surface area contributed by atoms with Crippen LogP contribution in [0.4, 0.5) is 4.39 Å².